The highest BCUT2D eigenvalue weighted by atomic mass is 35.5. The smallest absolute Gasteiger partial charge is 0.224 e. The van der Waals surface area contributed by atoms with Crippen molar-refractivity contribution in [3.8, 4) is 11.5 Å². The highest BCUT2D eigenvalue weighted by molar-refractivity contribution is 5.91. The van der Waals surface area contributed by atoms with Crippen LogP contribution in [0.15, 0.2) is 60.8 Å². The molecule has 7 heteroatoms. The number of ether oxygens (including phenoxy) is 1. The Morgan fingerprint density at radius 3 is 2.59 bits per heavy atom. The van der Waals surface area contributed by atoms with E-state index in [0.29, 0.717) is 18.7 Å². The van der Waals surface area contributed by atoms with E-state index in [0.717, 1.165) is 48.0 Å². The second kappa shape index (κ2) is 13.0. The molecular formula is C22H27Cl2N3O2. The van der Waals surface area contributed by atoms with E-state index >= 15 is 0 Å². The molecule has 0 aliphatic rings. The van der Waals surface area contributed by atoms with Crippen LogP contribution in [0.2, 0.25) is 0 Å². The average molecular weight is 436 g/mol. The lowest BCUT2D eigenvalue weighted by atomic mass is 10.1. The monoisotopic (exact) mass is 435 g/mol. The number of aromatic nitrogens is 1. The van der Waals surface area contributed by atoms with Crippen LogP contribution in [-0.4, -0.2) is 17.4 Å². The molecule has 0 radical (unpaired) electrons. The van der Waals surface area contributed by atoms with Gasteiger partial charge in [0.1, 0.15) is 11.5 Å². The van der Waals surface area contributed by atoms with Gasteiger partial charge < -0.3 is 15.8 Å². The van der Waals surface area contributed by atoms with Crippen LogP contribution in [0, 0.1) is 0 Å². The molecule has 3 rings (SSSR count). The van der Waals surface area contributed by atoms with Crippen LogP contribution in [0.4, 0.5) is 5.69 Å². The molecule has 3 N–H and O–H groups in total. The number of hydrogen-bond acceptors (Lipinski definition) is 4. The number of carbonyl (C=O) groups excluding carboxylic acids is 1. The maximum absolute atomic E-state index is 12.1. The Hall–Kier alpha value is -2.34. The van der Waals surface area contributed by atoms with Crippen LogP contribution in [0.25, 0.3) is 10.9 Å². The number of benzene rings is 2. The summed E-state index contributed by atoms with van der Waals surface area (Å²) in [5, 5.41) is 3.89. The van der Waals surface area contributed by atoms with Crippen molar-refractivity contribution in [2.45, 2.75) is 32.1 Å². The molecule has 0 spiro atoms. The van der Waals surface area contributed by atoms with Crippen molar-refractivity contribution in [2.24, 2.45) is 5.73 Å². The largest absolute Gasteiger partial charge is 0.457 e. The number of rotatable bonds is 9. The first-order valence-corrected chi connectivity index (χ1v) is 9.38. The van der Waals surface area contributed by atoms with Crippen LogP contribution < -0.4 is 15.8 Å². The average Bonchev–Trinajstić information content (AvgIpc) is 2.68. The fraction of sp³-hybridized carbons (Fsp3) is 0.273. The van der Waals surface area contributed by atoms with E-state index < -0.39 is 0 Å². The first kappa shape index (κ1) is 24.7. The van der Waals surface area contributed by atoms with Crippen LogP contribution >= 0.6 is 24.8 Å². The maximum atomic E-state index is 12.1. The van der Waals surface area contributed by atoms with E-state index in [1.807, 2.05) is 54.6 Å². The zero-order valence-electron chi connectivity index (χ0n) is 16.2. The molecule has 0 aliphatic heterocycles. The van der Waals surface area contributed by atoms with Gasteiger partial charge in [0.05, 0.1) is 5.52 Å². The lowest BCUT2D eigenvalue weighted by Gasteiger charge is -2.10. The van der Waals surface area contributed by atoms with E-state index in [1.54, 1.807) is 6.20 Å². The number of para-hydroxylation sites is 1. The van der Waals surface area contributed by atoms with Gasteiger partial charge in [-0.25, -0.2) is 0 Å². The first-order chi connectivity index (χ1) is 13.3. The zero-order valence-corrected chi connectivity index (χ0v) is 17.8. The normalized spacial score (nSPS) is 9.97. The third kappa shape index (κ3) is 7.54. The second-order valence-corrected chi connectivity index (χ2v) is 6.46. The van der Waals surface area contributed by atoms with Gasteiger partial charge in [0, 0.05) is 29.8 Å². The molecule has 1 aromatic heterocycles. The van der Waals surface area contributed by atoms with Gasteiger partial charge >= 0.3 is 0 Å². The highest BCUT2D eigenvalue weighted by Crippen LogP contribution is 2.29. The molecule has 0 unspecified atom stereocenters. The van der Waals surface area contributed by atoms with Crippen LogP contribution in [0.1, 0.15) is 32.1 Å². The summed E-state index contributed by atoms with van der Waals surface area (Å²) in [6, 6.07) is 17.1. The van der Waals surface area contributed by atoms with E-state index in [-0.39, 0.29) is 30.7 Å². The fourth-order valence-corrected chi connectivity index (χ4v) is 2.93. The third-order valence-corrected chi connectivity index (χ3v) is 4.31. The predicted octanol–water partition coefficient (Wildman–Crippen LogP) is 5.72. The van der Waals surface area contributed by atoms with Gasteiger partial charge in [0.2, 0.25) is 5.91 Å². The predicted molar refractivity (Wildman–Crippen MR) is 124 cm³/mol. The van der Waals surface area contributed by atoms with Gasteiger partial charge in [-0.15, -0.1) is 24.8 Å². The number of unbranched alkanes of at least 4 members (excludes halogenated alkanes) is 3. The van der Waals surface area contributed by atoms with Crippen LogP contribution in [-0.2, 0) is 4.79 Å². The van der Waals surface area contributed by atoms with Gasteiger partial charge in [-0.05, 0) is 49.7 Å². The van der Waals surface area contributed by atoms with Crippen molar-refractivity contribution in [1.82, 2.24) is 4.98 Å². The number of amides is 1. The van der Waals surface area contributed by atoms with E-state index in [9.17, 15) is 4.79 Å². The highest BCUT2D eigenvalue weighted by Gasteiger charge is 2.06. The van der Waals surface area contributed by atoms with Crippen molar-refractivity contribution >= 4 is 47.3 Å². The number of hydrogen-bond donors (Lipinski definition) is 2. The topological polar surface area (TPSA) is 77.2 Å². The van der Waals surface area contributed by atoms with Crippen molar-refractivity contribution in [1.29, 1.82) is 0 Å². The molecule has 5 nitrogen and oxygen atoms in total. The fourth-order valence-electron chi connectivity index (χ4n) is 2.93. The van der Waals surface area contributed by atoms with Crippen molar-refractivity contribution < 1.29 is 9.53 Å². The summed E-state index contributed by atoms with van der Waals surface area (Å²) in [6.07, 6.45) is 6.25. The molecule has 0 aliphatic carbocycles. The lowest BCUT2D eigenvalue weighted by Crippen LogP contribution is -2.11. The van der Waals surface area contributed by atoms with Crippen molar-refractivity contribution in [2.75, 3.05) is 11.9 Å². The number of anilines is 1. The minimum Gasteiger partial charge on any atom is -0.457 e. The molecular weight excluding hydrogens is 409 g/mol. The van der Waals surface area contributed by atoms with E-state index in [1.165, 1.54) is 0 Å². The molecule has 0 bridgehead atoms. The Bertz CT molecular complexity index is 901. The Balaban J connectivity index is 0.00000210. The Kier molecular flexibility index (Phi) is 11.1. The lowest BCUT2D eigenvalue weighted by molar-refractivity contribution is -0.116. The summed E-state index contributed by atoms with van der Waals surface area (Å²) in [5.74, 6) is 1.44. The minimum atomic E-state index is 0. The van der Waals surface area contributed by atoms with Gasteiger partial charge in [-0.3, -0.25) is 9.78 Å². The molecule has 1 heterocycles. The van der Waals surface area contributed by atoms with Gasteiger partial charge in [-0.2, -0.15) is 0 Å². The summed E-state index contributed by atoms with van der Waals surface area (Å²) in [6.45, 7) is 0.714. The summed E-state index contributed by atoms with van der Waals surface area (Å²) in [5.41, 5.74) is 7.10. The number of carbonyl (C=O) groups is 1. The Morgan fingerprint density at radius 2 is 1.76 bits per heavy atom. The maximum Gasteiger partial charge on any atom is 0.224 e. The zero-order chi connectivity index (χ0) is 18.9. The molecule has 3 aromatic rings. The van der Waals surface area contributed by atoms with E-state index in [4.69, 9.17) is 10.5 Å². The SMILES string of the molecule is Cl.Cl.NCCCCCCC(=O)Nc1cccc(Oc2ccnc3ccccc23)c1. The Labute approximate surface area is 183 Å². The standard InChI is InChI=1S/C22H25N3O2.2ClH/c23-14-6-2-1-3-12-22(26)25-17-8-7-9-18(16-17)27-21-13-15-24-20-11-5-4-10-19(20)21;;/h4-5,7-11,13,15-16H,1-3,6,12,14,23H2,(H,25,26);2*1H. The summed E-state index contributed by atoms with van der Waals surface area (Å²) in [7, 11) is 0. The first-order valence-electron chi connectivity index (χ1n) is 9.38. The number of fused-ring (bicyclic) bond motifs is 1. The number of nitrogens with zero attached hydrogens (tertiary/aromatic N) is 1. The number of nitrogens with two attached hydrogens (primary N) is 1. The third-order valence-electron chi connectivity index (χ3n) is 4.31. The van der Waals surface area contributed by atoms with Crippen LogP contribution in [0.3, 0.4) is 0 Å². The van der Waals surface area contributed by atoms with Crippen molar-refractivity contribution in [3.05, 3.63) is 60.8 Å². The second-order valence-electron chi connectivity index (χ2n) is 6.46. The van der Waals surface area contributed by atoms with Gasteiger partial charge in [0.15, 0.2) is 0 Å². The number of nitrogens with one attached hydrogen (secondary N) is 1. The minimum absolute atomic E-state index is 0. The van der Waals surface area contributed by atoms with E-state index in [2.05, 4.69) is 10.3 Å². The quantitative estimate of drug-likeness (QED) is 0.421. The van der Waals surface area contributed by atoms with Crippen LogP contribution in [0.5, 0.6) is 11.5 Å². The molecule has 2 aromatic carbocycles. The number of pyridine rings is 1. The van der Waals surface area contributed by atoms with Gasteiger partial charge in [0.25, 0.3) is 0 Å². The van der Waals surface area contributed by atoms with Gasteiger partial charge in [-0.1, -0.05) is 31.0 Å². The van der Waals surface area contributed by atoms with Crippen molar-refractivity contribution in [3.63, 3.8) is 0 Å². The summed E-state index contributed by atoms with van der Waals surface area (Å²) in [4.78, 5) is 16.4. The summed E-state index contributed by atoms with van der Waals surface area (Å²) < 4.78 is 6.04. The molecule has 0 atom stereocenters. The Morgan fingerprint density at radius 1 is 0.966 bits per heavy atom. The molecule has 156 valence electrons. The molecule has 0 saturated heterocycles. The molecule has 0 fully saturated rings. The molecule has 29 heavy (non-hydrogen) atoms. The molecule has 0 saturated carbocycles. The summed E-state index contributed by atoms with van der Waals surface area (Å²) >= 11 is 0. The molecule has 1 amide bonds. The number of halogens is 2.